The smallest absolute Gasteiger partial charge is 0.335 e. The number of nitrogens with zero attached hydrogens (tertiary/aromatic N) is 1. The van der Waals surface area contributed by atoms with Gasteiger partial charge in [0.25, 0.3) is 0 Å². The first kappa shape index (κ1) is 14.7. The van der Waals surface area contributed by atoms with Gasteiger partial charge in [-0.15, -0.1) is 0 Å². The summed E-state index contributed by atoms with van der Waals surface area (Å²) in [6.45, 7) is 1.51. The molecule has 1 aliphatic heterocycles. The molecule has 1 fully saturated rings. The van der Waals surface area contributed by atoms with Gasteiger partial charge in [-0.05, 0) is 30.5 Å². The fourth-order valence-electron chi connectivity index (χ4n) is 2.23. The molecule has 5 nitrogen and oxygen atoms in total. The van der Waals surface area contributed by atoms with Crippen molar-refractivity contribution in [1.29, 1.82) is 0 Å². The second-order valence-electron chi connectivity index (χ2n) is 4.82. The van der Waals surface area contributed by atoms with Gasteiger partial charge in [0.15, 0.2) is 0 Å². The number of carboxylic acids is 1. The lowest BCUT2D eigenvalue weighted by molar-refractivity contribution is -0.127. The van der Waals surface area contributed by atoms with Gasteiger partial charge in [0.2, 0.25) is 5.91 Å². The molecule has 0 spiro atoms. The van der Waals surface area contributed by atoms with Gasteiger partial charge in [-0.1, -0.05) is 12.1 Å². The third kappa shape index (κ3) is 3.90. The van der Waals surface area contributed by atoms with Crippen molar-refractivity contribution in [2.24, 2.45) is 0 Å². The first-order chi connectivity index (χ1) is 9.56. The summed E-state index contributed by atoms with van der Waals surface area (Å²) in [5.74, 6) is -0.862. The van der Waals surface area contributed by atoms with E-state index >= 15 is 0 Å². The summed E-state index contributed by atoms with van der Waals surface area (Å²) in [6, 6.07) is 6.34. The van der Waals surface area contributed by atoms with Crippen LogP contribution in [0.5, 0.6) is 0 Å². The standard InChI is InChI=1S/C14H17NO4S/c16-13(15-6-1-2-7-15)10-20(19)9-11-4-3-5-12(8-11)14(17)18/h3-5,8H,1-2,6-7,9-10H2,(H,17,18). The maximum absolute atomic E-state index is 12.0. The van der Waals surface area contributed by atoms with E-state index in [1.807, 2.05) is 0 Å². The highest BCUT2D eigenvalue weighted by atomic mass is 32.2. The Morgan fingerprint density at radius 1 is 1.25 bits per heavy atom. The van der Waals surface area contributed by atoms with Gasteiger partial charge in [-0.25, -0.2) is 4.79 Å². The summed E-state index contributed by atoms with van der Waals surface area (Å²) in [6.07, 6.45) is 2.03. The van der Waals surface area contributed by atoms with Crippen LogP contribution in [0.15, 0.2) is 24.3 Å². The van der Waals surface area contributed by atoms with E-state index in [0.717, 1.165) is 25.9 Å². The fraction of sp³-hybridized carbons (Fsp3) is 0.429. The van der Waals surface area contributed by atoms with Crippen molar-refractivity contribution in [2.45, 2.75) is 18.6 Å². The lowest BCUT2D eigenvalue weighted by Crippen LogP contribution is -2.32. The molecule has 0 radical (unpaired) electrons. The van der Waals surface area contributed by atoms with Crippen molar-refractivity contribution < 1.29 is 18.9 Å². The zero-order valence-corrected chi connectivity index (χ0v) is 11.9. The van der Waals surface area contributed by atoms with Crippen LogP contribution in [0.25, 0.3) is 0 Å². The predicted molar refractivity (Wildman–Crippen MR) is 75.9 cm³/mol. The molecule has 1 atom stereocenters. The molecule has 1 unspecified atom stereocenters. The Morgan fingerprint density at radius 2 is 1.95 bits per heavy atom. The highest BCUT2D eigenvalue weighted by Gasteiger charge is 2.19. The van der Waals surface area contributed by atoms with Crippen molar-refractivity contribution >= 4 is 22.7 Å². The topological polar surface area (TPSA) is 74.7 Å². The molecule has 1 aromatic carbocycles. The molecule has 1 N–H and O–H groups in total. The largest absolute Gasteiger partial charge is 0.478 e. The number of carbonyl (C=O) groups is 2. The molecule has 108 valence electrons. The highest BCUT2D eigenvalue weighted by molar-refractivity contribution is 7.84. The Morgan fingerprint density at radius 3 is 2.60 bits per heavy atom. The van der Waals surface area contributed by atoms with E-state index in [1.54, 1.807) is 17.0 Å². The van der Waals surface area contributed by atoms with Crippen LogP contribution in [0.4, 0.5) is 0 Å². The first-order valence-electron chi connectivity index (χ1n) is 6.51. The summed E-state index contributed by atoms with van der Waals surface area (Å²) in [5, 5.41) is 8.90. The third-order valence-corrected chi connectivity index (χ3v) is 4.47. The molecule has 1 amide bonds. The molecule has 20 heavy (non-hydrogen) atoms. The number of rotatable bonds is 5. The minimum Gasteiger partial charge on any atom is -0.478 e. The van der Waals surface area contributed by atoms with Crippen LogP contribution in [0, 0.1) is 0 Å². The van der Waals surface area contributed by atoms with Gasteiger partial charge >= 0.3 is 5.97 Å². The Kier molecular flexibility index (Phi) is 4.89. The molecular weight excluding hydrogens is 278 g/mol. The van der Waals surface area contributed by atoms with Gasteiger partial charge in [0.1, 0.15) is 5.75 Å². The van der Waals surface area contributed by atoms with Crippen molar-refractivity contribution in [3.63, 3.8) is 0 Å². The molecule has 6 heteroatoms. The van der Waals surface area contributed by atoms with Crippen molar-refractivity contribution in [3.8, 4) is 0 Å². The molecular formula is C14H17NO4S. The van der Waals surface area contributed by atoms with Gasteiger partial charge in [-0.3, -0.25) is 9.00 Å². The van der Waals surface area contributed by atoms with E-state index in [-0.39, 0.29) is 23.0 Å². The Hall–Kier alpha value is -1.69. The summed E-state index contributed by atoms with van der Waals surface area (Å²) in [7, 11) is -1.30. The monoisotopic (exact) mass is 295 g/mol. The van der Waals surface area contributed by atoms with Gasteiger partial charge in [0, 0.05) is 29.6 Å². The molecule has 1 aliphatic rings. The van der Waals surface area contributed by atoms with Gasteiger partial charge in [-0.2, -0.15) is 0 Å². The maximum atomic E-state index is 12.0. The summed E-state index contributed by atoms with van der Waals surface area (Å²) in [5.41, 5.74) is 0.850. The summed E-state index contributed by atoms with van der Waals surface area (Å²) in [4.78, 5) is 24.5. The average Bonchev–Trinajstić information content (AvgIpc) is 2.92. The van der Waals surface area contributed by atoms with Crippen LogP contribution in [-0.4, -0.2) is 44.9 Å². The van der Waals surface area contributed by atoms with E-state index < -0.39 is 16.8 Å². The summed E-state index contributed by atoms with van der Waals surface area (Å²) >= 11 is 0. The SMILES string of the molecule is O=C(O)c1cccc(CS(=O)CC(=O)N2CCCC2)c1. The maximum Gasteiger partial charge on any atom is 0.335 e. The third-order valence-electron chi connectivity index (χ3n) is 3.24. The minimum atomic E-state index is -1.30. The Balaban J connectivity index is 1.92. The first-order valence-corrected chi connectivity index (χ1v) is 8.00. The molecule has 0 aliphatic carbocycles. The number of hydrogen-bond donors (Lipinski definition) is 1. The molecule has 1 aromatic rings. The quantitative estimate of drug-likeness (QED) is 0.887. The average molecular weight is 295 g/mol. The zero-order valence-electron chi connectivity index (χ0n) is 11.1. The van der Waals surface area contributed by atoms with Crippen molar-refractivity contribution in [1.82, 2.24) is 4.90 Å². The number of hydrogen-bond acceptors (Lipinski definition) is 3. The molecule has 1 heterocycles. The van der Waals surface area contributed by atoms with Crippen LogP contribution in [0.3, 0.4) is 0 Å². The number of aromatic carboxylic acids is 1. The number of likely N-dealkylation sites (tertiary alicyclic amines) is 1. The fourth-order valence-corrected chi connectivity index (χ4v) is 3.34. The van der Waals surface area contributed by atoms with Crippen molar-refractivity contribution in [3.05, 3.63) is 35.4 Å². The second-order valence-corrected chi connectivity index (χ2v) is 6.28. The minimum absolute atomic E-state index is 0.0112. The van der Waals surface area contributed by atoms with Crippen molar-refractivity contribution in [2.75, 3.05) is 18.8 Å². The van der Waals surface area contributed by atoms with Crippen LogP contribution in [-0.2, 0) is 21.3 Å². The lowest BCUT2D eigenvalue weighted by atomic mass is 10.1. The van der Waals surface area contributed by atoms with Crippen LogP contribution < -0.4 is 0 Å². The number of carboxylic acid groups (broad SMARTS) is 1. The van der Waals surface area contributed by atoms with E-state index in [4.69, 9.17) is 5.11 Å². The Labute approximate surface area is 120 Å². The summed E-state index contributed by atoms with van der Waals surface area (Å²) < 4.78 is 12.0. The highest BCUT2D eigenvalue weighted by Crippen LogP contribution is 2.11. The normalized spacial score (nSPS) is 16.1. The Bertz CT molecular complexity index is 538. The lowest BCUT2D eigenvalue weighted by Gasteiger charge is -2.14. The number of carbonyl (C=O) groups excluding carboxylic acids is 1. The van der Waals surface area contributed by atoms with E-state index in [0.29, 0.717) is 5.56 Å². The molecule has 0 saturated carbocycles. The van der Waals surface area contributed by atoms with Crippen LogP contribution in [0.2, 0.25) is 0 Å². The van der Waals surface area contributed by atoms with E-state index in [1.165, 1.54) is 12.1 Å². The number of benzene rings is 1. The number of amides is 1. The molecule has 2 rings (SSSR count). The molecule has 0 aromatic heterocycles. The second kappa shape index (κ2) is 6.65. The van der Waals surface area contributed by atoms with E-state index in [9.17, 15) is 13.8 Å². The molecule has 1 saturated heterocycles. The van der Waals surface area contributed by atoms with E-state index in [2.05, 4.69) is 0 Å². The predicted octanol–water partition coefficient (Wildman–Crippen LogP) is 1.26. The molecule has 0 bridgehead atoms. The zero-order chi connectivity index (χ0) is 14.5. The van der Waals surface area contributed by atoms with Crippen LogP contribution in [0.1, 0.15) is 28.8 Å². The van der Waals surface area contributed by atoms with Gasteiger partial charge < -0.3 is 10.0 Å². The van der Waals surface area contributed by atoms with Crippen LogP contribution >= 0.6 is 0 Å². The van der Waals surface area contributed by atoms with Gasteiger partial charge in [0.05, 0.1) is 5.56 Å².